The van der Waals surface area contributed by atoms with Crippen molar-refractivity contribution < 1.29 is 9.18 Å². The second kappa shape index (κ2) is 6.20. The van der Waals surface area contributed by atoms with Gasteiger partial charge in [0.05, 0.1) is 5.69 Å². The summed E-state index contributed by atoms with van der Waals surface area (Å²) in [5.41, 5.74) is 8.04. The summed E-state index contributed by atoms with van der Waals surface area (Å²) >= 11 is 0. The van der Waals surface area contributed by atoms with Crippen molar-refractivity contribution in [3.05, 3.63) is 59.7 Å². The summed E-state index contributed by atoms with van der Waals surface area (Å²) in [7, 11) is 0. The van der Waals surface area contributed by atoms with E-state index in [0.717, 1.165) is 23.9 Å². The molecule has 25 heavy (non-hydrogen) atoms. The molecule has 3 aromatic rings. The molecule has 0 saturated carbocycles. The fourth-order valence-electron chi connectivity index (χ4n) is 3.55. The van der Waals surface area contributed by atoms with Crippen molar-refractivity contribution in [1.29, 1.82) is 0 Å². The van der Waals surface area contributed by atoms with Gasteiger partial charge in [-0.1, -0.05) is 0 Å². The van der Waals surface area contributed by atoms with Crippen molar-refractivity contribution in [1.82, 2.24) is 14.9 Å². The monoisotopic (exact) mass is 338 g/mol. The second-order valence-corrected chi connectivity index (χ2v) is 6.45. The maximum absolute atomic E-state index is 13.6. The summed E-state index contributed by atoms with van der Waals surface area (Å²) < 4.78 is 13.6. The number of H-pyrrole nitrogens is 1. The Labute approximate surface area is 144 Å². The molecule has 0 spiro atoms. The lowest BCUT2D eigenvalue weighted by molar-refractivity contribution is 0.0713. The third kappa shape index (κ3) is 2.84. The quantitative estimate of drug-likeness (QED) is 0.704. The molecule has 4 rings (SSSR count). The van der Waals surface area contributed by atoms with Crippen molar-refractivity contribution >= 4 is 22.6 Å². The molecule has 1 saturated heterocycles. The number of nitrogen functional groups attached to an aromatic ring is 1. The van der Waals surface area contributed by atoms with E-state index in [1.807, 2.05) is 12.3 Å². The number of fused-ring (bicyclic) bond motifs is 1. The van der Waals surface area contributed by atoms with Crippen molar-refractivity contribution in [3.63, 3.8) is 0 Å². The summed E-state index contributed by atoms with van der Waals surface area (Å²) in [6, 6.07) is 8.25. The number of carbonyl (C=O) groups is 1. The maximum Gasteiger partial charge on any atom is 0.253 e. The molecular weight excluding hydrogens is 319 g/mol. The number of nitrogens with two attached hydrogens (primary N) is 1. The molecule has 3 heterocycles. The summed E-state index contributed by atoms with van der Waals surface area (Å²) in [5.74, 6) is -0.296. The van der Waals surface area contributed by atoms with Gasteiger partial charge in [-0.05, 0) is 54.7 Å². The smallest absolute Gasteiger partial charge is 0.253 e. The van der Waals surface area contributed by atoms with Gasteiger partial charge >= 0.3 is 0 Å². The number of rotatable bonds is 2. The van der Waals surface area contributed by atoms with Gasteiger partial charge in [0, 0.05) is 36.4 Å². The highest BCUT2D eigenvalue weighted by Gasteiger charge is 2.26. The highest BCUT2D eigenvalue weighted by atomic mass is 19.1. The van der Waals surface area contributed by atoms with Gasteiger partial charge in [0.2, 0.25) is 0 Å². The lowest BCUT2D eigenvalue weighted by Crippen LogP contribution is -2.37. The Balaban J connectivity index is 1.47. The standard InChI is InChI=1S/C19H19FN4O/c20-16-10-13(3-4-17(16)21)19(25)24-8-5-12(6-9-24)15-11-23-18-14(15)2-1-7-22-18/h1-4,7,10-12H,5-6,8-9,21H2,(H,22,23). The van der Waals surface area contributed by atoms with Crippen LogP contribution in [0.3, 0.4) is 0 Å². The third-order valence-corrected chi connectivity index (χ3v) is 4.95. The van der Waals surface area contributed by atoms with Crippen LogP contribution in [-0.4, -0.2) is 33.9 Å². The number of nitrogens with one attached hydrogen (secondary N) is 1. The molecule has 5 nitrogen and oxygen atoms in total. The topological polar surface area (TPSA) is 75.0 Å². The Bertz CT molecular complexity index is 928. The van der Waals surface area contributed by atoms with E-state index in [-0.39, 0.29) is 11.6 Å². The number of amides is 1. The molecule has 0 aliphatic carbocycles. The van der Waals surface area contributed by atoms with Crippen LogP contribution in [0.1, 0.15) is 34.7 Å². The van der Waals surface area contributed by atoms with Gasteiger partial charge in [0.1, 0.15) is 11.5 Å². The Kier molecular flexibility index (Phi) is 3.87. The van der Waals surface area contributed by atoms with E-state index in [2.05, 4.69) is 16.0 Å². The first-order valence-corrected chi connectivity index (χ1v) is 8.40. The number of hydrogen-bond acceptors (Lipinski definition) is 3. The van der Waals surface area contributed by atoms with Crippen LogP contribution in [0.25, 0.3) is 11.0 Å². The molecule has 1 fully saturated rings. The summed E-state index contributed by atoms with van der Waals surface area (Å²) in [6.07, 6.45) is 5.56. The van der Waals surface area contributed by atoms with Crippen LogP contribution < -0.4 is 5.73 Å². The van der Waals surface area contributed by atoms with Crippen molar-refractivity contribution in [3.8, 4) is 0 Å². The number of carbonyl (C=O) groups excluding carboxylic acids is 1. The van der Waals surface area contributed by atoms with Gasteiger partial charge in [-0.25, -0.2) is 9.37 Å². The number of aromatic amines is 1. The SMILES string of the molecule is Nc1ccc(C(=O)N2CCC(c3c[nH]c4ncccc34)CC2)cc1F. The molecule has 128 valence electrons. The Morgan fingerprint density at radius 2 is 2.08 bits per heavy atom. The molecule has 0 radical (unpaired) electrons. The van der Waals surface area contributed by atoms with Crippen molar-refractivity contribution in [2.24, 2.45) is 0 Å². The first-order valence-electron chi connectivity index (χ1n) is 8.40. The minimum Gasteiger partial charge on any atom is -0.396 e. The molecule has 3 N–H and O–H groups in total. The zero-order chi connectivity index (χ0) is 17.4. The van der Waals surface area contributed by atoms with Crippen molar-refractivity contribution in [2.45, 2.75) is 18.8 Å². The number of likely N-dealkylation sites (tertiary alicyclic amines) is 1. The number of hydrogen-bond donors (Lipinski definition) is 2. The molecule has 1 aliphatic rings. The van der Waals surface area contributed by atoms with Crippen LogP contribution in [0, 0.1) is 5.82 Å². The van der Waals surface area contributed by atoms with E-state index >= 15 is 0 Å². The lowest BCUT2D eigenvalue weighted by atomic mass is 9.89. The van der Waals surface area contributed by atoms with E-state index in [0.29, 0.717) is 24.6 Å². The fraction of sp³-hybridized carbons (Fsp3) is 0.263. The number of piperidine rings is 1. The van der Waals surface area contributed by atoms with E-state index in [9.17, 15) is 9.18 Å². The van der Waals surface area contributed by atoms with Gasteiger partial charge in [-0.15, -0.1) is 0 Å². The Morgan fingerprint density at radius 1 is 1.28 bits per heavy atom. The minimum atomic E-state index is -0.549. The zero-order valence-electron chi connectivity index (χ0n) is 13.7. The number of aromatic nitrogens is 2. The average molecular weight is 338 g/mol. The Morgan fingerprint density at radius 3 is 2.84 bits per heavy atom. The average Bonchev–Trinajstić information content (AvgIpc) is 3.08. The predicted octanol–water partition coefficient (Wildman–Crippen LogP) is 3.30. The van der Waals surface area contributed by atoms with E-state index in [4.69, 9.17) is 5.73 Å². The summed E-state index contributed by atoms with van der Waals surface area (Å²) in [6.45, 7) is 1.31. The molecule has 0 bridgehead atoms. The molecule has 1 aromatic carbocycles. The van der Waals surface area contributed by atoms with Gasteiger partial charge in [0.25, 0.3) is 5.91 Å². The first kappa shape index (κ1) is 15.6. The highest BCUT2D eigenvalue weighted by molar-refractivity contribution is 5.94. The normalized spacial score (nSPS) is 15.6. The van der Waals surface area contributed by atoms with Crippen LogP contribution >= 0.6 is 0 Å². The first-order chi connectivity index (χ1) is 12.1. The van der Waals surface area contributed by atoms with Crippen LogP contribution in [-0.2, 0) is 0 Å². The van der Waals surface area contributed by atoms with E-state index in [1.165, 1.54) is 17.7 Å². The van der Waals surface area contributed by atoms with Crippen LogP contribution in [0.4, 0.5) is 10.1 Å². The van der Waals surface area contributed by atoms with Gasteiger partial charge in [-0.2, -0.15) is 0 Å². The molecular formula is C19H19FN4O. The van der Waals surface area contributed by atoms with Gasteiger partial charge in [-0.3, -0.25) is 4.79 Å². The molecule has 6 heteroatoms. The molecule has 0 unspecified atom stereocenters. The van der Waals surface area contributed by atoms with E-state index < -0.39 is 5.82 Å². The Hall–Kier alpha value is -2.89. The number of benzene rings is 1. The van der Waals surface area contributed by atoms with Crippen LogP contribution in [0.2, 0.25) is 0 Å². The van der Waals surface area contributed by atoms with Gasteiger partial charge < -0.3 is 15.6 Å². The number of anilines is 1. The molecule has 1 aliphatic heterocycles. The molecule has 0 atom stereocenters. The number of nitrogens with zero attached hydrogens (tertiary/aromatic N) is 2. The molecule has 2 aromatic heterocycles. The fourth-order valence-corrected chi connectivity index (χ4v) is 3.55. The number of halogens is 1. The van der Waals surface area contributed by atoms with Crippen molar-refractivity contribution in [2.75, 3.05) is 18.8 Å². The predicted molar refractivity (Wildman–Crippen MR) is 94.8 cm³/mol. The van der Waals surface area contributed by atoms with Crippen LogP contribution in [0.15, 0.2) is 42.7 Å². The van der Waals surface area contributed by atoms with Gasteiger partial charge in [0.15, 0.2) is 0 Å². The minimum absolute atomic E-state index is 0.0585. The largest absolute Gasteiger partial charge is 0.396 e. The van der Waals surface area contributed by atoms with Crippen LogP contribution in [0.5, 0.6) is 0 Å². The second-order valence-electron chi connectivity index (χ2n) is 6.45. The number of pyridine rings is 1. The summed E-state index contributed by atoms with van der Waals surface area (Å²) in [4.78, 5) is 21.9. The lowest BCUT2D eigenvalue weighted by Gasteiger charge is -2.32. The maximum atomic E-state index is 13.6. The zero-order valence-corrected chi connectivity index (χ0v) is 13.7. The molecule has 1 amide bonds. The highest BCUT2D eigenvalue weighted by Crippen LogP contribution is 2.33. The summed E-state index contributed by atoms with van der Waals surface area (Å²) in [5, 5.41) is 1.15. The van der Waals surface area contributed by atoms with E-state index in [1.54, 1.807) is 17.2 Å². The third-order valence-electron chi connectivity index (χ3n) is 4.95.